The fraction of sp³-hybridized carbons (Fsp3) is 0.111. The van der Waals surface area contributed by atoms with Crippen LogP contribution in [0.25, 0.3) is 6.08 Å². The zero-order valence-corrected chi connectivity index (χ0v) is 15.9. The van der Waals surface area contributed by atoms with E-state index in [4.69, 9.17) is 16.3 Å². The molecule has 142 valence electrons. The summed E-state index contributed by atoms with van der Waals surface area (Å²) in [6.07, 6.45) is -2.11. The average molecular weight is 463 g/mol. The van der Waals surface area contributed by atoms with Gasteiger partial charge in [-0.15, -0.1) is 0 Å². The van der Waals surface area contributed by atoms with Gasteiger partial charge >= 0.3 is 12.1 Å². The monoisotopic (exact) mass is 461 g/mol. The van der Waals surface area contributed by atoms with Gasteiger partial charge in [-0.25, -0.2) is 4.79 Å². The van der Waals surface area contributed by atoms with Crippen LogP contribution in [0.5, 0.6) is 0 Å². The van der Waals surface area contributed by atoms with Crippen molar-refractivity contribution in [2.45, 2.75) is 6.18 Å². The molecule has 2 aromatic rings. The number of anilines is 1. The topological polar surface area (TPSA) is 55.4 Å². The summed E-state index contributed by atoms with van der Waals surface area (Å²) < 4.78 is 44.5. The second-order valence-electron chi connectivity index (χ2n) is 5.23. The van der Waals surface area contributed by atoms with Crippen LogP contribution in [0.1, 0.15) is 11.1 Å². The highest BCUT2D eigenvalue weighted by atomic mass is 79.9. The summed E-state index contributed by atoms with van der Waals surface area (Å²) in [6.45, 7) is -0.735. The first-order chi connectivity index (χ1) is 12.6. The van der Waals surface area contributed by atoms with E-state index in [1.54, 1.807) is 18.2 Å². The van der Waals surface area contributed by atoms with E-state index >= 15 is 0 Å². The molecule has 0 aromatic heterocycles. The lowest BCUT2D eigenvalue weighted by Gasteiger charge is -2.14. The van der Waals surface area contributed by atoms with Crippen LogP contribution in [0.15, 0.2) is 53.0 Å². The first kappa shape index (κ1) is 21.0. The molecule has 27 heavy (non-hydrogen) atoms. The van der Waals surface area contributed by atoms with Crippen LogP contribution >= 0.6 is 27.5 Å². The number of carbonyl (C=O) groups is 2. The lowest BCUT2D eigenvalue weighted by molar-refractivity contribution is -0.142. The van der Waals surface area contributed by atoms with Crippen molar-refractivity contribution in [2.75, 3.05) is 11.9 Å². The Morgan fingerprint density at radius 2 is 1.93 bits per heavy atom. The van der Waals surface area contributed by atoms with E-state index in [0.717, 1.165) is 22.2 Å². The predicted molar refractivity (Wildman–Crippen MR) is 99.2 cm³/mol. The van der Waals surface area contributed by atoms with Crippen molar-refractivity contribution in [3.8, 4) is 0 Å². The summed E-state index contributed by atoms with van der Waals surface area (Å²) >= 11 is 8.85. The third kappa shape index (κ3) is 6.73. The molecule has 2 rings (SSSR count). The van der Waals surface area contributed by atoms with E-state index in [1.807, 2.05) is 6.07 Å². The van der Waals surface area contributed by atoms with Crippen LogP contribution in [0, 0.1) is 0 Å². The van der Waals surface area contributed by atoms with Crippen molar-refractivity contribution < 1.29 is 27.5 Å². The third-order valence-electron chi connectivity index (χ3n) is 3.17. The van der Waals surface area contributed by atoms with Crippen molar-refractivity contribution in [2.24, 2.45) is 0 Å². The highest BCUT2D eigenvalue weighted by Crippen LogP contribution is 2.36. The number of carbonyl (C=O) groups excluding carboxylic acids is 2. The summed E-state index contributed by atoms with van der Waals surface area (Å²) in [6, 6.07) is 10.0. The molecule has 0 spiro atoms. The predicted octanol–water partition coefficient (Wildman–Crippen LogP) is 5.32. The fourth-order valence-corrected chi connectivity index (χ4v) is 2.59. The quantitative estimate of drug-likeness (QED) is 0.484. The first-order valence-corrected chi connectivity index (χ1v) is 8.59. The number of benzene rings is 2. The molecule has 0 fully saturated rings. The zero-order valence-electron chi connectivity index (χ0n) is 13.5. The molecule has 1 amide bonds. The maximum atomic E-state index is 13.0. The number of hydrogen-bond acceptors (Lipinski definition) is 3. The Balaban J connectivity index is 1.94. The molecule has 1 N–H and O–H groups in total. The maximum Gasteiger partial charge on any atom is 0.418 e. The third-order valence-corrected chi connectivity index (χ3v) is 3.90. The second-order valence-corrected chi connectivity index (χ2v) is 6.58. The molecule has 0 aliphatic carbocycles. The van der Waals surface area contributed by atoms with Gasteiger partial charge in [-0.2, -0.15) is 13.2 Å². The van der Waals surface area contributed by atoms with Crippen LogP contribution in [0.2, 0.25) is 5.02 Å². The minimum absolute atomic E-state index is 0.121. The van der Waals surface area contributed by atoms with Gasteiger partial charge in [0, 0.05) is 15.6 Å². The van der Waals surface area contributed by atoms with Gasteiger partial charge in [-0.05, 0) is 42.0 Å². The number of hydrogen-bond donors (Lipinski definition) is 1. The molecule has 0 bridgehead atoms. The van der Waals surface area contributed by atoms with Crippen LogP contribution in [-0.2, 0) is 20.5 Å². The van der Waals surface area contributed by atoms with Crippen LogP contribution in [0.4, 0.5) is 18.9 Å². The average Bonchev–Trinajstić information content (AvgIpc) is 2.59. The Morgan fingerprint density at radius 3 is 2.59 bits per heavy atom. The van der Waals surface area contributed by atoms with Gasteiger partial charge in [0.1, 0.15) is 0 Å². The fourth-order valence-electron chi connectivity index (χ4n) is 2.01. The van der Waals surface area contributed by atoms with E-state index < -0.39 is 35.9 Å². The second kappa shape index (κ2) is 9.05. The van der Waals surface area contributed by atoms with E-state index in [0.29, 0.717) is 6.07 Å². The molecule has 9 heteroatoms. The van der Waals surface area contributed by atoms with Gasteiger partial charge in [-0.1, -0.05) is 39.7 Å². The van der Waals surface area contributed by atoms with E-state index in [9.17, 15) is 22.8 Å². The minimum Gasteiger partial charge on any atom is -0.452 e. The molecule has 0 atom stereocenters. The Bertz CT molecular complexity index is 884. The van der Waals surface area contributed by atoms with Gasteiger partial charge in [0.25, 0.3) is 5.91 Å². The van der Waals surface area contributed by atoms with Crippen LogP contribution in [0.3, 0.4) is 0 Å². The molecule has 0 saturated carbocycles. The summed E-state index contributed by atoms with van der Waals surface area (Å²) in [5.41, 5.74) is -0.844. The van der Waals surface area contributed by atoms with Gasteiger partial charge in [-0.3, -0.25) is 4.79 Å². The zero-order chi connectivity index (χ0) is 20.0. The van der Waals surface area contributed by atoms with E-state index in [-0.39, 0.29) is 5.02 Å². The smallest absolute Gasteiger partial charge is 0.418 e. The van der Waals surface area contributed by atoms with Gasteiger partial charge < -0.3 is 10.1 Å². The molecular weight excluding hydrogens is 451 g/mol. The molecule has 0 unspecified atom stereocenters. The molecule has 0 saturated heterocycles. The highest BCUT2D eigenvalue weighted by Gasteiger charge is 2.34. The number of halogens is 5. The lowest BCUT2D eigenvalue weighted by atomic mass is 10.1. The summed E-state index contributed by atoms with van der Waals surface area (Å²) in [4.78, 5) is 23.4. The minimum atomic E-state index is -4.70. The molecule has 0 aliphatic rings. The van der Waals surface area contributed by atoms with Gasteiger partial charge in [0.2, 0.25) is 0 Å². The number of nitrogens with one attached hydrogen (secondary N) is 1. The Labute approximate surface area is 166 Å². The van der Waals surface area contributed by atoms with Gasteiger partial charge in [0.15, 0.2) is 6.61 Å². The SMILES string of the molecule is O=C(COC(=O)/C=C/c1cccc(Br)c1)Nc1ccc(Cl)cc1C(F)(F)F. The highest BCUT2D eigenvalue weighted by molar-refractivity contribution is 9.10. The molecular formula is C18H12BrClF3NO3. The van der Waals surface area contributed by atoms with Crippen LogP contribution in [-0.4, -0.2) is 18.5 Å². The summed E-state index contributed by atoms with van der Waals surface area (Å²) in [7, 11) is 0. The number of rotatable bonds is 5. The Hall–Kier alpha value is -2.32. The molecule has 2 aromatic carbocycles. The van der Waals surface area contributed by atoms with E-state index in [2.05, 4.69) is 21.2 Å². The van der Waals surface area contributed by atoms with E-state index in [1.165, 1.54) is 12.1 Å². The standard InChI is InChI=1S/C18H12BrClF3NO3/c19-12-3-1-2-11(8-12)4-7-17(26)27-10-16(25)24-15-6-5-13(20)9-14(15)18(21,22)23/h1-9H,10H2,(H,24,25)/b7-4+. The largest absolute Gasteiger partial charge is 0.452 e. The first-order valence-electron chi connectivity index (χ1n) is 7.42. The van der Waals surface area contributed by atoms with Crippen molar-refractivity contribution in [3.05, 3.63) is 69.2 Å². The Morgan fingerprint density at radius 1 is 1.19 bits per heavy atom. The molecule has 0 aliphatic heterocycles. The van der Waals surface area contributed by atoms with Crippen molar-refractivity contribution in [3.63, 3.8) is 0 Å². The normalized spacial score (nSPS) is 11.4. The number of alkyl halides is 3. The molecule has 0 heterocycles. The maximum absolute atomic E-state index is 13.0. The number of esters is 1. The van der Waals surface area contributed by atoms with Gasteiger partial charge in [0.05, 0.1) is 11.3 Å². The van der Waals surface area contributed by atoms with Crippen molar-refractivity contribution >= 4 is 51.2 Å². The summed E-state index contributed by atoms with van der Waals surface area (Å²) in [5.74, 6) is -1.72. The van der Waals surface area contributed by atoms with Crippen LogP contribution < -0.4 is 5.32 Å². The van der Waals surface area contributed by atoms with Crippen molar-refractivity contribution in [1.29, 1.82) is 0 Å². The number of amides is 1. The Kier molecular flexibility index (Phi) is 7.04. The molecule has 4 nitrogen and oxygen atoms in total. The van der Waals surface area contributed by atoms with Crippen molar-refractivity contribution in [1.82, 2.24) is 0 Å². The summed E-state index contributed by atoms with van der Waals surface area (Å²) in [5, 5.41) is 1.93. The number of ether oxygens (including phenoxy) is 1. The molecule has 0 radical (unpaired) electrons. The lowest BCUT2D eigenvalue weighted by Crippen LogP contribution is -2.22.